The number of hydrogen-bond acceptors (Lipinski definition) is 3. The molecule has 2 atom stereocenters. The number of urea groups is 1. The van der Waals surface area contributed by atoms with Crippen molar-refractivity contribution in [1.82, 2.24) is 9.80 Å². The highest BCUT2D eigenvalue weighted by atomic mass is 35.5. The number of carbonyl (C=O) groups is 2. The molecular formula is C15H23ClN2O3. The Hall–Kier alpha value is -0.810. The van der Waals surface area contributed by atoms with Crippen molar-refractivity contribution < 1.29 is 14.3 Å². The van der Waals surface area contributed by atoms with Crippen molar-refractivity contribution in [2.24, 2.45) is 11.8 Å². The van der Waals surface area contributed by atoms with Gasteiger partial charge in [-0.3, -0.25) is 4.79 Å². The minimum atomic E-state index is 0.125. The van der Waals surface area contributed by atoms with Gasteiger partial charge in [-0.2, -0.15) is 0 Å². The van der Waals surface area contributed by atoms with Gasteiger partial charge < -0.3 is 14.5 Å². The molecule has 3 aliphatic rings. The van der Waals surface area contributed by atoms with Gasteiger partial charge in [0.05, 0.1) is 6.10 Å². The molecule has 3 heterocycles. The van der Waals surface area contributed by atoms with Crippen LogP contribution in [0.5, 0.6) is 0 Å². The SMILES string of the molecule is O=C1CO[C@H]2CCN(C(=O)N3CCC(CCl)CC3)C[C@H]2C1. The van der Waals surface area contributed by atoms with E-state index in [2.05, 4.69) is 0 Å². The van der Waals surface area contributed by atoms with Crippen LogP contribution < -0.4 is 0 Å². The Kier molecular flexibility index (Phi) is 4.69. The standard InChI is InChI=1S/C15H23ClN2O3/c16-8-11-1-4-17(5-2-11)15(20)18-6-3-14-12(9-18)7-13(19)10-21-14/h11-12,14H,1-10H2/t12-,14+/m1/s1. The third-order valence-electron chi connectivity index (χ3n) is 4.99. The highest BCUT2D eigenvalue weighted by Crippen LogP contribution is 2.28. The number of ketones is 1. The first-order valence-electron chi connectivity index (χ1n) is 7.90. The van der Waals surface area contributed by atoms with Crippen molar-refractivity contribution in [3.05, 3.63) is 0 Å². The Morgan fingerprint density at radius 1 is 1.19 bits per heavy atom. The summed E-state index contributed by atoms with van der Waals surface area (Å²) in [6.07, 6.45) is 3.56. The number of piperidine rings is 2. The average Bonchev–Trinajstić information content (AvgIpc) is 2.53. The number of nitrogens with zero attached hydrogens (tertiary/aromatic N) is 2. The summed E-state index contributed by atoms with van der Waals surface area (Å²) in [5.74, 6) is 1.58. The van der Waals surface area contributed by atoms with Gasteiger partial charge in [0.2, 0.25) is 0 Å². The molecule has 3 aliphatic heterocycles. The zero-order chi connectivity index (χ0) is 14.8. The number of halogens is 1. The molecule has 0 aromatic heterocycles. The first-order valence-corrected chi connectivity index (χ1v) is 8.44. The van der Waals surface area contributed by atoms with E-state index in [1.807, 2.05) is 9.80 Å². The number of alkyl halides is 1. The quantitative estimate of drug-likeness (QED) is 0.693. The highest BCUT2D eigenvalue weighted by molar-refractivity contribution is 6.18. The highest BCUT2D eigenvalue weighted by Gasteiger charge is 2.38. The topological polar surface area (TPSA) is 49.9 Å². The number of fused-ring (bicyclic) bond motifs is 1. The van der Waals surface area contributed by atoms with Gasteiger partial charge in [0, 0.05) is 44.4 Å². The average molecular weight is 315 g/mol. The van der Waals surface area contributed by atoms with Crippen LogP contribution >= 0.6 is 11.6 Å². The normalized spacial score (nSPS) is 31.2. The second-order valence-corrected chi connectivity index (χ2v) is 6.76. The van der Waals surface area contributed by atoms with E-state index in [4.69, 9.17) is 16.3 Å². The number of amides is 2. The van der Waals surface area contributed by atoms with E-state index in [-0.39, 0.29) is 30.4 Å². The maximum absolute atomic E-state index is 12.6. The predicted octanol–water partition coefficient (Wildman–Crippen LogP) is 1.74. The monoisotopic (exact) mass is 314 g/mol. The van der Waals surface area contributed by atoms with Crippen molar-refractivity contribution in [2.45, 2.75) is 31.8 Å². The van der Waals surface area contributed by atoms with Gasteiger partial charge in [0.15, 0.2) is 5.78 Å². The van der Waals surface area contributed by atoms with Crippen molar-refractivity contribution in [3.63, 3.8) is 0 Å². The fraction of sp³-hybridized carbons (Fsp3) is 0.867. The summed E-state index contributed by atoms with van der Waals surface area (Å²) in [7, 11) is 0. The molecule has 0 N–H and O–H groups in total. The Morgan fingerprint density at radius 2 is 1.90 bits per heavy atom. The molecule has 3 rings (SSSR count). The molecule has 0 saturated carbocycles. The van der Waals surface area contributed by atoms with E-state index >= 15 is 0 Å². The van der Waals surface area contributed by atoms with Gasteiger partial charge in [0.1, 0.15) is 6.61 Å². The summed E-state index contributed by atoms with van der Waals surface area (Å²) in [6, 6.07) is 0.125. The Morgan fingerprint density at radius 3 is 2.62 bits per heavy atom. The molecule has 0 radical (unpaired) electrons. The third kappa shape index (κ3) is 3.34. The van der Waals surface area contributed by atoms with E-state index in [1.165, 1.54) is 0 Å². The molecule has 0 aliphatic carbocycles. The van der Waals surface area contributed by atoms with E-state index in [1.54, 1.807) is 0 Å². The smallest absolute Gasteiger partial charge is 0.320 e. The Balaban J connectivity index is 1.55. The first-order chi connectivity index (χ1) is 10.2. The van der Waals surface area contributed by atoms with Gasteiger partial charge >= 0.3 is 6.03 Å². The zero-order valence-corrected chi connectivity index (χ0v) is 13.1. The van der Waals surface area contributed by atoms with E-state index in [0.717, 1.165) is 38.9 Å². The summed E-state index contributed by atoms with van der Waals surface area (Å²) in [4.78, 5) is 28.0. The molecular weight excluding hydrogens is 292 g/mol. The molecule has 6 heteroatoms. The number of carbonyl (C=O) groups excluding carboxylic acids is 2. The van der Waals surface area contributed by atoms with Crippen LogP contribution in [0, 0.1) is 11.8 Å². The molecule has 0 aromatic carbocycles. The van der Waals surface area contributed by atoms with E-state index < -0.39 is 0 Å². The number of Topliss-reactive ketones (excluding diaryl/α,β-unsaturated/α-hetero) is 1. The molecule has 0 bridgehead atoms. The minimum absolute atomic E-state index is 0.125. The third-order valence-corrected chi connectivity index (χ3v) is 5.42. The lowest BCUT2D eigenvalue weighted by molar-refractivity contribution is -0.139. The van der Waals surface area contributed by atoms with Crippen LogP contribution in [0.3, 0.4) is 0 Å². The lowest BCUT2D eigenvalue weighted by Gasteiger charge is -2.43. The molecule has 0 unspecified atom stereocenters. The number of rotatable bonds is 1. The van der Waals surface area contributed by atoms with E-state index in [0.29, 0.717) is 24.8 Å². The Bertz CT molecular complexity index is 410. The van der Waals surface area contributed by atoms with Crippen LogP contribution in [0.2, 0.25) is 0 Å². The van der Waals surface area contributed by atoms with Crippen LogP contribution in [-0.4, -0.2) is 66.4 Å². The van der Waals surface area contributed by atoms with Crippen LogP contribution in [0.1, 0.15) is 25.7 Å². The predicted molar refractivity (Wildman–Crippen MR) is 79.5 cm³/mol. The van der Waals surface area contributed by atoms with Gasteiger partial charge in [0.25, 0.3) is 0 Å². The van der Waals surface area contributed by atoms with Gasteiger partial charge in [-0.1, -0.05) is 0 Å². The van der Waals surface area contributed by atoms with Gasteiger partial charge in [-0.15, -0.1) is 11.6 Å². The molecule has 118 valence electrons. The van der Waals surface area contributed by atoms with Crippen LogP contribution in [0.4, 0.5) is 4.79 Å². The van der Waals surface area contributed by atoms with Crippen LogP contribution in [0.15, 0.2) is 0 Å². The summed E-state index contributed by atoms with van der Waals surface area (Å²) in [5.41, 5.74) is 0. The largest absolute Gasteiger partial charge is 0.370 e. The van der Waals surface area contributed by atoms with Crippen molar-refractivity contribution >= 4 is 23.4 Å². The summed E-state index contributed by atoms with van der Waals surface area (Å²) < 4.78 is 5.58. The summed E-state index contributed by atoms with van der Waals surface area (Å²) >= 11 is 5.89. The molecule has 5 nitrogen and oxygen atoms in total. The van der Waals surface area contributed by atoms with Crippen molar-refractivity contribution in [2.75, 3.05) is 38.7 Å². The maximum atomic E-state index is 12.6. The zero-order valence-electron chi connectivity index (χ0n) is 12.3. The lowest BCUT2D eigenvalue weighted by Crippen LogP contribution is -2.54. The molecule has 3 fully saturated rings. The first kappa shape index (κ1) is 15.1. The lowest BCUT2D eigenvalue weighted by atomic mass is 9.88. The Labute approximate surface area is 130 Å². The number of likely N-dealkylation sites (tertiary alicyclic amines) is 2. The molecule has 0 spiro atoms. The van der Waals surface area contributed by atoms with Crippen LogP contribution in [-0.2, 0) is 9.53 Å². The number of ether oxygens (including phenoxy) is 1. The van der Waals surface area contributed by atoms with Gasteiger partial charge in [-0.25, -0.2) is 4.79 Å². The van der Waals surface area contributed by atoms with Crippen LogP contribution in [0.25, 0.3) is 0 Å². The van der Waals surface area contributed by atoms with Crippen molar-refractivity contribution in [3.8, 4) is 0 Å². The molecule has 2 amide bonds. The second kappa shape index (κ2) is 6.53. The van der Waals surface area contributed by atoms with Crippen molar-refractivity contribution in [1.29, 1.82) is 0 Å². The minimum Gasteiger partial charge on any atom is -0.370 e. The molecule has 3 saturated heterocycles. The fourth-order valence-corrected chi connectivity index (χ4v) is 3.94. The molecule has 0 aromatic rings. The van der Waals surface area contributed by atoms with E-state index in [9.17, 15) is 9.59 Å². The molecule has 21 heavy (non-hydrogen) atoms. The summed E-state index contributed by atoms with van der Waals surface area (Å²) in [6.45, 7) is 3.25. The number of hydrogen-bond donors (Lipinski definition) is 0. The second-order valence-electron chi connectivity index (χ2n) is 6.45. The maximum Gasteiger partial charge on any atom is 0.320 e. The van der Waals surface area contributed by atoms with Gasteiger partial charge in [-0.05, 0) is 25.2 Å². The summed E-state index contributed by atoms with van der Waals surface area (Å²) in [5, 5.41) is 0. The fourth-order valence-electron chi connectivity index (χ4n) is 3.63.